The summed E-state index contributed by atoms with van der Waals surface area (Å²) in [5, 5.41) is 3.63. The van der Waals surface area contributed by atoms with E-state index in [0.717, 1.165) is 6.04 Å². The fourth-order valence-corrected chi connectivity index (χ4v) is 2.77. The fourth-order valence-electron chi connectivity index (χ4n) is 2.12. The van der Waals surface area contributed by atoms with E-state index in [-0.39, 0.29) is 0 Å². The molecule has 15 heavy (non-hydrogen) atoms. The molecule has 2 unspecified atom stereocenters. The summed E-state index contributed by atoms with van der Waals surface area (Å²) in [6, 6.07) is 1.47. The van der Waals surface area contributed by atoms with Crippen LogP contribution >= 0.6 is 11.8 Å². The van der Waals surface area contributed by atoms with Crippen LogP contribution in [0.2, 0.25) is 0 Å². The summed E-state index contributed by atoms with van der Waals surface area (Å²) < 4.78 is 0. The van der Waals surface area contributed by atoms with Crippen molar-refractivity contribution in [2.24, 2.45) is 0 Å². The molecule has 1 aliphatic rings. The van der Waals surface area contributed by atoms with Gasteiger partial charge >= 0.3 is 0 Å². The maximum atomic E-state index is 3.63. The van der Waals surface area contributed by atoms with Crippen molar-refractivity contribution in [3.8, 4) is 0 Å². The Morgan fingerprint density at radius 1 is 1.40 bits per heavy atom. The number of hydrogen-bond acceptors (Lipinski definition) is 3. The smallest absolute Gasteiger partial charge is 0.0192 e. The summed E-state index contributed by atoms with van der Waals surface area (Å²) in [7, 11) is 0. The molecule has 2 atom stereocenters. The summed E-state index contributed by atoms with van der Waals surface area (Å²) in [5.41, 5.74) is 0. The molecule has 0 aromatic heterocycles. The van der Waals surface area contributed by atoms with Crippen molar-refractivity contribution in [3.05, 3.63) is 0 Å². The summed E-state index contributed by atoms with van der Waals surface area (Å²) in [6.07, 6.45) is 2.55. The highest BCUT2D eigenvalue weighted by Gasteiger charge is 2.20. The second kappa shape index (κ2) is 7.53. The molecule has 90 valence electrons. The van der Waals surface area contributed by atoms with Gasteiger partial charge in [0.05, 0.1) is 0 Å². The maximum Gasteiger partial charge on any atom is 0.0192 e. The van der Waals surface area contributed by atoms with Crippen LogP contribution in [0.25, 0.3) is 0 Å². The van der Waals surface area contributed by atoms with Crippen LogP contribution in [-0.2, 0) is 0 Å². The number of thioether (sulfide) groups is 1. The molecule has 2 nitrogen and oxygen atoms in total. The number of nitrogens with one attached hydrogen (secondary N) is 1. The Balaban J connectivity index is 2.35. The van der Waals surface area contributed by atoms with Crippen LogP contribution in [0.5, 0.6) is 0 Å². The van der Waals surface area contributed by atoms with E-state index in [4.69, 9.17) is 0 Å². The number of rotatable bonds is 5. The molecular formula is C12H26N2S. The van der Waals surface area contributed by atoms with E-state index in [9.17, 15) is 0 Å². The van der Waals surface area contributed by atoms with Gasteiger partial charge in [0.25, 0.3) is 0 Å². The minimum atomic E-state index is 0.710. The predicted octanol–water partition coefficient (Wildman–Crippen LogP) is 2.20. The SMILES string of the molecule is CCSCCN1CC(CC)NCCC1C. The lowest BCUT2D eigenvalue weighted by atomic mass is 10.2. The van der Waals surface area contributed by atoms with Gasteiger partial charge in [-0.3, -0.25) is 4.90 Å². The van der Waals surface area contributed by atoms with Crippen LogP contribution in [0.15, 0.2) is 0 Å². The monoisotopic (exact) mass is 230 g/mol. The highest BCUT2D eigenvalue weighted by atomic mass is 32.2. The third-order valence-corrected chi connectivity index (χ3v) is 4.17. The lowest BCUT2D eigenvalue weighted by Crippen LogP contribution is -2.40. The largest absolute Gasteiger partial charge is 0.313 e. The van der Waals surface area contributed by atoms with Gasteiger partial charge in [0.1, 0.15) is 0 Å². The average Bonchev–Trinajstić information content (AvgIpc) is 2.42. The lowest BCUT2D eigenvalue weighted by molar-refractivity contribution is 0.216. The van der Waals surface area contributed by atoms with E-state index < -0.39 is 0 Å². The first-order valence-electron chi connectivity index (χ1n) is 6.33. The molecule has 0 amide bonds. The van der Waals surface area contributed by atoms with Gasteiger partial charge in [-0.1, -0.05) is 13.8 Å². The molecular weight excluding hydrogens is 204 g/mol. The Morgan fingerprint density at radius 2 is 2.20 bits per heavy atom. The van der Waals surface area contributed by atoms with E-state index >= 15 is 0 Å². The molecule has 0 radical (unpaired) electrons. The van der Waals surface area contributed by atoms with Crippen molar-refractivity contribution in [1.29, 1.82) is 0 Å². The van der Waals surface area contributed by atoms with Gasteiger partial charge in [0.15, 0.2) is 0 Å². The van der Waals surface area contributed by atoms with Crippen molar-refractivity contribution in [3.63, 3.8) is 0 Å². The standard InChI is InChI=1S/C12H26N2S/c1-4-12-10-14(8-9-15-5-2)11(3)6-7-13-12/h11-13H,4-10H2,1-3H3. The van der Waals surface area contributed by atoms with E-state index in [2.05, 4.69) is 42.7 Å². The van der Waals surface area contributed by atoms with Crippen LogP contribution in [0.3, 0.4) is 0 Å². The Labute approximate surface area is 99.2 Å². The van der Waals surface area contributed by atoms with Gasteiger partial charge < -0.3 is 5.32 Å². The predicted molar refractivity (Wildman–Crippen MR) is 70.7 cm³/mol. The Bertz CT molecular complexity index is 164. The van der Waals surface area contributed by atoms with Gasteiger partial charge in [-0.2, -0.15) is 11.8 Å². The van der Waals surface area contributed by atoms with E-state index in [1.54, 1.807) is 0 Å². The molecule has 0 aromatic rings. The summed E-state index contributed by atoms with van der Waals surface area (Å²) in [6.45, 7) is 10.6. The van der Waals surface area contributed by atoms with Crippen molar-refractivity contribution in [2.45, 2.75) is 45.7 Å². The maximum absolute atomic E-state index is 3.63. The van der Waals surface area contributed by atoms with Gasteiger partial charge in [0, 0.05) is 30.9 Å². The van der Waals surface area contributed by atoms with Crippen LogP contribution < -0.4 is 5.32 Å². The quantitative estimate of drug-likeness (QED) is 0.729. The molecule has 0 aromatic carbocycles. The van der Waals surface area contributed by atoms with Crippen molar-refractivity contribution in [1.82, 2.24) is 10.2 Å². The van der Waals surface area contributed by atoms with E-state index in [0.29, 0.717) is 6.04 Å². The van der Waals surface area contributed by atoms with Gasteiger partial charge in [-0.25, -0.2) is 0 Å². The van der Waals surface area contributed by atoms with Gasteiger partial charge in [-0.15, -0.1) is 0 Å². The molecule has 1 saturated heterocycles. The van der Waals surface area contributed by atoms with Crippen LogP contribution in [0, 0.1) is 0 Å². The highest BCUT2D eigenvalue weighted by Crippen LogP contribution is 2.11. The minimum absolute atomic E-state index is 0.710. The summed E-state index contributed by atoms with van der Waals surface area (Å²) in [5.74, 6) is 2.54. The molecule has 0 spiro atoms. The second-order valence-electron chi connectivity index (χ2n) is 4.39. The first kappa shape index (κ1) is 13.3. The lowest BCUT2D eigenvalue weighted by Gasteiger charge is -2.28. The average molecular weight is 230 g/mol. The topological polar surface area (TPSA) is 15.3 Å². The molecule has 0 bridgehead atoms. The number of hydrogen-bond donors (Lipinski definition) is 1. The van der Waals surface area contributed by atoms with Crippen molar-refractivity contribution < 1.29 is 0 Å². The third-order valence-electron chi connectivity index (χ3n) is 3.29. The molecule has 1 rings (SSSR count). The minimum Gasteiger partial charge on any atom is -0.313 e. The molecule has 1 aliphatic heterocycles. The summed E-state index contributed by atoms with van der Waals surface area (Å²) >= 11 is 2.06. The first-order valence-corrected chi connectivity index (χ1v) is 7.48. The Morgan fingerprint density at radius 3 is 2.87 bits per heavy atom. The molecule has 1 fully saturated rings. The normalized spacial score (nSPS) is 29.0. The van der Waals surface area contributed by atoms with Crippen LogP contribution in [0.1, 0.15) is 33.6 Å². The van der Waals surface area contributed by atoms with Crippen LogP contribution in [-0.4, -0.2) is 48.1 Å². The zero-order valence-electron chi connectivity index (χ0n) is 10.5. The Hall–Kier alpha value is 0.270. The van der Waals surface area contributed by atoms with Crippen molar-refractivity contribution in [2.75, 3.05) is 31.1 Å². The van der Waals surface area contributed by atoms with E-state index in [1.165, 1.54) is 44.0 Å². The van der Waals surface area contributed by atoms with Crippen LogP contribution in [0.4, 0.5) is 0 Å². The van der Waals surface area contributed by atoms with Crippen molar-refractivity contribution >= 4 is 11.8 Å². The molecule has 0 saturated carbocycles. The zero-order chi connectivity index (χ0) is 11.1. The number of nitrogens with zero attached hydrogens (tertiary/aromatic N) is 1. The fraction of sp³-hybridized carbons (Fsp3) is 1.00. The van der Waals surface area contributed by atoms with Gasteiger partial charge in [-0.05, 0) is 32.1 Å². The highest BCUT2D eigenvalue weighted by molar-refractivity contribution is 7.99. The molecule has 3 heteroatoms. The third kappa shape index (κ3) is 4.75. The molecule has 0 aliphatic carbocycles. The molecule has 1 N–H and O–H groups in total. The van der Waals surface area contributed by atoms with E-state index in [1.807, 2.05) is 0 Å². The Kier molecular flexibility index (Phi) is 6.69. The first-order chi connectivity index (χ1) is 7.27. The summed E-state index contributed by atoms with van der Waals surface area (Å²) in [4.78, 5) is 2.66. The van der Waals surface area contributed by atoms with Gasteiger partial charge in [0.2, 0.25) is 0 Å². The molecule has 1 heterocycles. The zero-order valence-corrected chi connectivity index (χ0v) is 11.3. The second-order valence-corrected chi connectivity index (χ2v) is 5.78.